The molecule has 3 rings (SSSR count). The molecule has 0 aliphatic rings. The highest BCUT2D eigenvalue weighted by atomic mass is 79.9. The predicted molar refractivity (Wildman–Crippen MR) is 121 cm³/mol. The summed E-state index contributed by atoms with van der Waals surface area (Å²) in [5.74, 6) is 0.833. The number of para-hydroxylation sites is 1. The zero-order chi connectivity index (χ0) is 20.6. The van der Waals surface area contributed by atoms with Crippen molar-refractivity contribution in [3.05, 3.63) is 92.4 Å². The van der Waals surface area contributed by atoms with Crippen molar-refractivity contribution >= 4 is 44.0 Å². The van der Waals surface area contributed by atoms with E-state index in [1.807, 2.05) is 48.5 Å². The molecule has 0 fully saturated rings. The highest BCUT2D eigenvalue weighted by Gasteiger charge is 2.12. The van der Waals surface area contributed by atoms with Crippen molar-refractivity contribution in [2.75, 3.05) is 7.11 Å². The fourth-order valence-electron chi connectivity index (χ4n) is 2.54. The second-order valence-corrected chi connectivity index (χ2v) is 7.77. The van der Waals surface area contributed by atoms with E-state index >= 15 is 0 Å². The first-order chi connectivity index (χ1) is 14.1. The lowest BCUT2D eigenvalue weighted by molar-refractivity contribution is 0.0950. The van der Waals surface area contributed by atoms with Crippen LogP contribution >= 0.6 is 31.9 Å². The molecule has 3 aromatic carbocycles. The molecule has 0 unspecified atom stereocenters. The number of ether oxygens (including phenoxy) is 2. The van der Waals surface area contributed by atoms with Crippen LogP contribution in [-0.4, -0.2) is 19.2 Å². The molecule has 0 aliphatic heterocycles. The van der Waals surface area contributed by atoms with Gasteiger partial charge in [0.15, 0.2) is 0 Å². The average Bonchev–Trinajstić information content (AvgIpc) is 2.74. The number of hydrogen-bond donors (Lipinski definition) is 1. The van der Waals surface area contributed by atoms with Crippen LogP contribution in [0.2, 0.25) is 0 Å². The van der Waals surface area contributed by atoms with Crippen LogP contribution in [0.3, 0.4) is 0 Å². The lowest BCUT2D eigenvalue weighted by Gasteiger charge is -2.10. The largest absolute Gasteiger partial charge is 0.497 e. The Bertz CT molecular complexity index is 1040. The van der Waals surface area contributed by atoms with Gasteiger partial charge in [-0.25, -0.2) is 5.43 Å². The van der Waals surface area contributed by atoms with E-state index in [-0.39, 0.29) is 5.91 Å². The molecule has 0 aromatic heterocycles. The third-order valence-corrected chi connectivity index (χ3v) is 5.20. The van der Waals surface area contributed by atoms with Crippen LogP contribution in [0.1, 0.15) is 21.5 Å². The number of carbonyl (C=O) groups is 1. The number of hydrogen-bond acceptors (Lipinski definition) is 4. The van der Waals surface area contributed by atoms with Gasteiger partial charge < -0.3 is 9.47 Å². The number of halogens is 2. The topological polar surface area (TPSA) is 59.9 Å². The third-order valence-electron chi connectivity index (χ3n) is 3.99. The Kier molecular flexibility index (Phi) is 7.43. The van der Waals surface area contributed by atoms with Crippen LogP contribution in [0.5, 0.6) is 11.5 Å². The maximum Gasteiger partial charge on any atom is 0.275 e. The van der Waals surface area contributed by atoms with Crippen molar-refractivity contribution < 1.29 is 14.3 Å². The number of rotatable bonds is 7. The molecule has 0 radical (unpaired) electrons. The summed E-state index contributed by atoms with van der Waals surface area (Å²) in [7, 11) is 1.59. The van der Waals surface area contributed by atoms with Crippen LogP contribution in [0.15, 0.2) is 80.8 Å². The molecule has 29 heavy (non-hydrogen) atoms. The van der Waals surface area contributed by atoms with Gasteiger partial charge in [-0.2, -0.15) is 5.10 Å². The molecule has 1 N–H and O–H groups in total. The first kappa shape index (κ1) is 21.1. The lowest BCUT2D eigenvalue weighted by Crippen LogP contribution is -2.18. The Morgan fingerprint density at radius 3 is 2.69 bits per heavy atom. The Labute approximate surface area is 186 Å². The van der Waals surface area contributed by atoms with Crippen molar-refractivity contribution in [3.63, 3.8) is 0 Å². The number of methoxy groups -OCH3 is 1. The molecular weight excluding hydrogens is 500 g/mol. The molecule has 0 aliphatic carbocycles. The van der Waals surface area contributed by atoms with Crippen molar-refractivity contribution in [1.29, 1.82) is 0 Å². The summed E-state index contributed by atoms with van der Waals surface area (Å²) in [5, 5.41) is 4.05. The molecule has 0 spiro atoms. The molecular formula is C22H18Br2N2O3. The lowest BCUT2D eigenvalue weighted by atomic mass is 10.2. The number of carbonyl (C=O) groups excluding carboxylic acids is 1. The van der Waals surface area contributed by atoms with Gasteiger partial charge >= 0.3 is 0 Å². The van der Waals surface area contributed by atoms with E-state index in [0.717, 1.165) is 20.1 Å². The fourth-order valence-corrected chi connectivity index (χ4v) is 3.33. The summed E-state index contributed by atoms with van der Waals surface area (Å²) in [6.45, 7) is 0.351. The van der Waals surface area contributed by atoms with Crippen LogP contribution in [-0.2, 0) is 6.61 Å². The predicted octanol–water partition coefficient (Wildman–Crippen LogP) is 5.56. The van der Waals surface area contributed by atoms with Crippen molar-refractivity contribution in [1.82, 2.24) is 5.43 Å². The van der Waals surface area contributed by atoms with Gasteiger partial charge in [-0.3, -0.25) is 4.79 Å². The normalized spacial score (nSPS) is 10.7. The second kappa shape index (κ2) is 10.2. The second-order valence-electron chi connectivity index (χ2n) is 6.00. The zero-order valence-corrected chi connectivity index (χ0v) is 18.7. The molecule has 1 amide bonds. The maximum absolute atomic E-state index is 12.6. The fraction of sp³-hybridized carbons (Fsp3) is 0.0909. The molecule has 7 heteroatoms. The van der Waals surface area contributed by atoms with Crippen LogP contribution in [0, 0.1) is 0 Å². The van der Waals surface area contributed by atoms with Gasteiger partial charge in [0.05, 0.1) is 18.9 Å². The molecule has 148 valence electrons. The number of nitrogens with zero attached hydrogens (tertiary/aromatic N) is 1. The van der Waals surface area contributed by atoms with Gasteiger partial charge in [-0.05, 0) is 48.0 Å². The Morgan fingerprint density at radius 1 is 1.07 bits per heavy atom. The Morgan fingerprint density at radius 2 is 1.90 bits per heavy atom. The quantitative estimate of drug-likeness (QED) is 0.329. The first-order valence-electron chi connectivity index (χ1n) is 8.70. The summed E-state index contributed by atoms with van der Waals surface area (Å²) < 4.78 is 12.9. The molecule has 3 aromatic rings. The van der Waals surface area contributed by atoms with E-state index in [1.165, 1.54) is 0 Å². The maximum atomic E-state index is 12.6. The van der Waals surface area contributed by atoms with Gasteiger partial charge in [-0.15, -0.1) is 0 Å². The molecule has 0 saturated heterocycles. The van der Waals surface area contributed by atoms with E-state index in [4.69, 9.17) is 9.47 Å². The van der Waals surface area contributed by atoms with E-state index in [9.17, 15) is 4.79 Å². The molecule has 0 bridgehead atoms. The van der Waals surface area contributed by atoms with Crippen molar-refractivity contribution in [3.8, 4) is 11.5 Å². The van der Waals surface area contributed by atoms with Crippen molar-refractivity contribution in [2.45, 2.75) is 6.61 Å². The highest BCUT2D eigenvalue weighted by Crippen LogP contribution is 2.22. The van der Waals surface area contributed by atoms with Crippen LogP contribution in [0.4, 0.5) is 0 Å². The minimum Gasteiger partial charge on any atom is -0.497 e. The van der Waals surface area contributed by atoms with Gasteiger partial charge in [0.2, 0.25) is 0 Å². The molecule has 0 atom stereocenters. The number of nitrogens with one attached hydrogen (secondary N) is 1. The summed E-state index contributed by atoms with van der Waals surface area (Å²) in [5.41, 5.74) is 4.73. The minimum atomic E-state index is -0.356. The standard InChI is InChI=1S/C22H18Br2N2O3/c1-28-18-9-10-20(24)16(12-18)13-25-26-22(27)19-7-2-3-8-21(19)29-14-15-5-4-6-17(23)11-15/h2-13H,14H2,1H3,(H,26,27). The molecule has 0 saturated carbocycles. The summed E-state index contributed by atoms with van der Waals surface area (Å²) >= 11 is 6.89. The Hall–Kier alpha value is -2.64. The van der Waals surface area contributed by atoms with Crippen LogP contribution < -0.4 is 14.9 Å². The zero-order valence-electron chi connectivity index (χ0n) is 15.6. The molecule has 5 nitrogen and oxygen atoms in total. The van der Waals surface area contributed by atoms with Gasteiger partial charge in [-0.1, -0.05) is 56.1 Å². The summed E-state index contributed by atoms with van der Waals surface area (Å²) in [6.07, 6.45) is 1.55. The van der Waals surface area contributed by atoms with Crippen LogP contribution in [0.25, 0.3) is 0 Å². The summed E-state index contributed by atoms with van der Waals surface area (Å²) in [6, 6.07) is 20.4. The third kappa shape index (κ3) is 5.92. The van der Waals surface area contributed by atoms with E-state index in [0.29, 0.717) is 23.7 Å². The van der Waals surface area contributed by atoms with Gasteiger partial charge in [0, 0.05) is 14.5 Å². The van der Waals surface area contributed by atoms with Crippen molar-refractivity contribution in [2.24, 2.45) is 5.10 Å². The SMILES string of the molecule is COc1ccc(Br)c(C=NNC(=O)c2ccccc2OCc2cccc(Br)c2)c1. The minimum absolute atomic E-state index is 0.351. The number of amides is 1. The van der Waals surface area contributed by atoms with E-state index in [2.05, 4.69) is 42.4 Å². The first-order valence-corrected chi connectivity index (χ1v) is 10.3. The average molecular weight is 518 g/mol. The summed E-state index contributed by atoms with van der Waals surface area (Å²) in [4.78, 5) is 12.6. The van der Waals surface area contributed by atoms with E-state index in [1.54, 1.807) is 31.5 Å². The highest BCUT2D eigenvalue weighted by molar-refractivity contribution is 9.10. The smallest absolute Gasteiger partial charge is 0.275 e. The van der Waals surface area contributed by atoms with E-state index < -0.39 is 0 Å². The number of benzene rings is 3. The number of hydrazone groups is 1. The Balaban J connectivity index is 1.68. The molecule has 0 heterocycles. The van der Waals surface area contributed by atoms with Gasteiger partial charge in [0.25, 0.3) is 5.91 Å². The van der Waals surface area contributed by atoms with Gasteiger partial charge in [0.1, 0.15) is 18.1 Å². The monoisotopic (exact) mass is 516 g/mol.